The average molecular weight is 270 g/mol. The van der Waals surface area contributed by atoms with Crippen LogP contribution in [0.15, 0.2) is 41.2 Å². The first-order chi connectivity index (χ1) is 9.65. The molecule has 0 atom stereocenters. The second-order valence-electron chi connectivity index (χ2n) is 4.17. The second kappa shape index (κ2) is 4.61. The van der Waals surface area contributed by atoms with Gasteiger partial charge in [-0.25, -0.2) is 9.78 Å². The van der Waals surface area contributed by atoms with Gasteiger partial charge in [0.1, 0.15) is 0 Å². The van der Waals surface area contributed by atoms with E-state index in [1.165, 1.54) is 12.1 Å². The van der Waals surface area contributed by atoms with Gasteiger partial charge in [0, 0.05) is 25.0 Å². The largest absolute Gasteiger partial charge is 0.478 e. The van der Waals surface area contributed by atoms with Crippen LogP contribution in [0.2, 0.25) is 0 Å². The monoisotopic (exact) mass is 270 g/mol. The molecule has 0 saturated carbocycles. The molecule has 100 valence electrons. The van der Waals surface area contributed by atoms with E-state index in [-0.39, 0.29) is 11.5 Å². The Kier molecular flexibility index (Phi) is 2.79. The summed E-state index contributed by atoms with van der Waals surface area (Å²) >= 11 is 0. The van der Waals surface area contributed by atoms with E-state index >= 15 is 0 Å². The summed E-state index contributed by atoms with van der Waals surface area (Å²) in [6.45, 7) is 0. The van der Waals surface area contributed by atoms with Crippen LogP contribution in [0.1, 0.15) is 10.4 Å². The normalized spacial score (nSPS) is 10.7. The molecular formula is C13H10N4O3. The van der Waals surface area contributed by atoms with Crippen molar-refractivity contribution in [2.75, 3.05) is 0 Å². The summed E-state index contributed by atoms with van der Waals surface area (Å²) in [7, 11) is 1.82. The summed E-state index contributed by atoms with van der Waals surface area (Å²) < 4.78 is 6.92. The van der Waals surface area contributed by atoms with Crippen LogP contribution < -0.4 is 0 Å². The summed E-state index contributed by atoms with van der Waals surface area (Å²) in [6, 6.07) is 6.32. The van der Waals surface area contributed by atoms with E-state index in [4.69, 9.17) is 9.63 Å². The molecule has 0 bridgehead atoms. The van der Waals surface area contributed by atoms with Crippen molar-refractivity contribution in [3.8, 4) is 23.1 Å². The van der Waals surface area contributed by atoms with Crippen LogP contribution in [0, 0.1) is 0 Å². The minimum absolute atomic E-state index is 0.166. The molecule has 7 nitrogen and oxygen atoms in total. The molecule has 1 aromatic carbocycles. The van der Waals surface area contributed by atoms with Crippen molar-refractivity contribution in [2.45, 2.75) is 0 Å². The molecule has 3 aromatic rings. The Morgan fingerprint density at radius 1 is 1.40 bits per heavy atom. The summed E-state index contributed by atoms with van der Waals surface area (Å²) in [5.41, 5.74) is 0.720. The summed E-state index contributed by atoms with van der Waals surface area (Å²) in [5.74, 6) is 0.185. The van der Waals surface area contributed by atoms with Crippen molar-refractivity contribution in [3.63, 3.8) is 0 Å². The molecule has 0 radical (unpaired) electrons. The number of aromatic nitrogens is 4. The molecule has 0 aliphatic rings. The van der Waals surface area contributed by atoms with Crippen LogP contribution in [0.5, 0.6) is 0 Å². The quantitative estimate of drug-likeness (QED) is 0.780. The molecule has 20 heavy (non-hydrogen) atoms. The zero-order valence-electron chi connectivity index (χ0n) is 10.5. The molecule has 0 saturated heterocycles. The fraction of sp³-hybridized carbons (Fsp3) is 0.0769. The molecule has 2 aromatic heterocycles. The van der Waals surface area contributed by atoms with Crippen LogP contribution in [-0.2, 0) is 7.05 Å². The highest BCUT2D eigenvalue weighted by Gasteiger charge is 2.14. The number of rotatable bonds is 3. The van der Waals surface area contributed by atoms with E-state index in [0.29, 0.717) is 17.2 Å². The van der Waals surface area contributed by atoms with Crippen molar-refractivity contribution < 1.29 is 14.4 Å². The number of aromatic carboxylic acids is 1. The van der Waals surface area contributed by atoms with E-state index in [1.54, 1.807) is 29.1 Å². The van der Waals surface area contributed by atoms with E-state index in [9.17, 15) is 4.79 Å². The third-order valence-electron chi connectivity index (χ3n) is 2.80. The Morgan fingerprint density at radius 2 is 2.25 bits per heavy atom. The van der Waals surface area contributed by atoms with Gasteiger partial charge in [-0.2, -0.15) is 4.98 Å². The number of imidazole rings is 1. The van der Waals surface area contributed by atoms with Gasteiger partial charge in [0.15, 0.2) is 5.82 Å². The summed E-state index contributed by atoms with van der Waals surface area (Å²) in [6.07, 6.45) is 3.41. The van der Waals surface area contributed by atoms with Crippen molar-refractivity contribution in [2.24, 2.45) is 7.05 Å². The van der Waals surface area contributed by atoms with E-state index in [1.807, 2.05) is 7.05 Å². The topological polar surface area (TPSA) is 94.0 Å². The highest BCUT2D eigenvalue weighted by atomic mass is 16.5. The SMILES string of the molecule is Cn1ccnc1-c1noc(-c2cccc(C(=O)O)c2)n1. The maximum absolute atomic E-state index is 10.9. The molecule has 0 aliphatic heterocycles. The van der Waals surface area contributed by atoms with Crippen LogP contribution in [0.4, 0.5) is 0 Å². The molecule has 0 amide bonds. The fourth-order valence-corrected chi connectivity index (χ4v) is 1.80. The minimum Gasteiger partial charge on any atom is -0.478 e. The number of carboxylic acids is 1. The molecule has 3 rings (SSSR count). The Bertz CT molecular complexity index is 775. The predicted octanol–water partition coefficient (Wildman–Crippen LogP) is 1.84. The smallest absolute Gasteiger partial charge is 0.335 e. The molecule has 0 unspecified atom stereocenters. The van der Waals surface area contributed by atoms with Gasteiger partial charge in [-0.1, -0.05) is 11.2 Å². The van der Waals surface area contributed by atoms with Crippen molar-refractivity contribution in [3.05, 3.63) is 42.2 Å². The zero-order chi connectivity index (χ0) is 14.1. The van der Waals surface area contributed by atoms with Gasteiger partial charge in [0.25, 0.3) is 5.89 Å². The molecule has 7 heteroatoms. The fourth-order valence-electron chi connectivity index (χ4n) is 1.80. The third kappa shape index (κ3) is 2.05. The maximum Gasteiger partial charge on any atom is 0.335 e. The number of carbonyl (C=O) groups is 1. The maximum atomic E-state index is 10.9. The number of carboxylic acid groups (broad SMARTS) is 1. The Morgan fingerprint density at radius 3 is 2.95 bits per heavy atom. The van der Waals surface area contributed by atoms with Gasteiger partial charge in [-0.15, -0.1) is 0 Å². The van der Waals surface area contributed by atoms with Crippen LogP contribution in [0.25, 0.3) is 23.1 Å². The Hall–Kier alpha value is -2.96. The summed E-state index contributed by atoms with van der Waals surface area (Å²) in [4.78, 5) is 19.3. The lowest BCUT2D eigenvalue weighted by molar-refractivity contribution is 0.0697. The lowest BCUT2D eigenvalue weighted by atomic mass is 10.1. The highest BCUT2D eigenvalue weighted by molar-refractivity contribution is 5.88. The standard InChI is InChI=1S/C13H10N4O3/c1-17-6-5-14-11(17)10-15-12(20-16-10)8-3-2-4-9(7-8)13(18)19/h2-7H,1H3,(H,18,19). The van der Waals surface area contributed by atoms with Gasteiger partial charge in [0.05, 0.1) is 5.56 Å². The van der Waals surface area contributed by atoms with Crippen LogP contribution in [0.3, 0.4) is 0 Å². The van der Waals surface area contributed by atoms with E-state index in [2.05, 4.69) is 15.1 Å². The Balaban J connectivity index is 2.00. The van der Waals surface area contributed by atoms with Gasteiger partial charge in [0.2, 0.25) is 5.82 Å². The predicted molar refractivity (Wildman–Crippen MR) is 68.9 cm³/mol. The van der Waals surface area contributed by atoms with E-state index in [0.717, 1.165) is 0 Å². The molecule has 0 aliphatic carbocycles. The first-order valence-electron chi connectivity index (χ1n) is 5.80. The van der Waals surface area contributed by atoms with Gasteiger partial charge in [-0.3, -0.25) is 0 Å². The van der Waals surface area contributed by atoms with Crippen molar-refractivity contribution in [1.82, 2.24) is 19.7 Å². The Labute approximate surface area is 113 Å². The van der Waals surface area contributed by atoms with Crippen molar-refractivity contribution >= 4 is 5.97 Å². The second-order valence-corrected chi connectivity index (χ2v) is 4.17. The summed E-state index contributed by atoms with van der Waals surface area (Å²) in [5, 5.41) is 12.8. The molecular weight excluding hydrogens is 260 g/mol. The molecule has 1 N–H and O–H groups in total. The zero-order valence-corrected chi connectivity index (χ0v) is 10.5. The number of aryl methyl sites for hydroxylation is 1. The average Bonchev–Trinajstić information content (AvgIpc) is 3.07. The van der Waals surface area contributed by atoms with Crippen molar-refractivity contribution in [1.29, 1.82) is 0 Å². The van der Waals surface area contributed by atoms with Gasteiger partial charge >= 0.3 is 5.97 Å². The molecule has 2 heterocycles. The van der Waals surface area contributed by atoms with E-state index < -0.39 is 5.97 Å². The minimum atomic E-state index is -1.00. The number of benzene rings is 1. The lowest BCUT2D eigenvalue weighted by Gasteiger charge is -1.96. The number of hydrogen-bond acceptors (Lipinski definition) is 5. The molecule has 0 spiro atoms. The van der Waals surface area contributed by atoms with Gasteiger partial charge in [-0.05, 0) is 18.2 Å². The van der Waals surface area contributed by atoms with Crippen LogP contribution in [-0.4, -0.2) is 30.8 Å². The third-order valence-corrected chi connectivity index (χ3v) is 2.80. The van der Waals surface area contributed by atoms with Crippen LogP contribution >= 0.6 is 0 Å². The first kappa shape index (κ1) is 12.1. The first-order valence-corrected chi connectivity index (χ1v) is 5.80. The lowest BCUT2D eigenvalue weighted by Crippen LogP contribution is -1.96. The highest BCUT2D eigenvalue weighted by Crippen LogP contribution is 2.21. The number of hydrogen-bond donors (Lipinski definition) is 1. The number of nitrogens with zero attached hydrogens (tertiary/aromatic N) is 4. The molecule has 0 fully saturated rings. The van der Waals surface area contributed by atoms with Gasteiger partial charge < -0.3 is 14.2 Å².